The van der Waals surface area contributed by atoms with E-state index in [1.54, 1.807) is 0 Å². The highest BCUT2D eigenvalue weighted by Gasteiger charge is 2.23. The first-order valence-electron chi connectivity index (χ1n) is 7.96. The van der Waals surface area contributed by atoms with Gasteiger partial charge in [-0.2, -0.15) is 0 Å². The molecule has 0 saturated heterocycles. The predicted molar refractivity (Wildman–Crippen MR) is 104 cm³/mol. The Bertz CT molecular complexity index is 980. The molecule has 2 aromatic rings. The number of nitrogens with one attached hydrogen (secondary N) is 1. The summed E-state index contributed by atoms with van der Waals surface area (Å²) < 4.78 is 43.3. The number of rotatable bonds is 9. The molecule has 0 aliphatic rings. The van der Waals surface area contributed by atoms with E-state index in [1.807, 2.05) is 0 Å². The minimum atomic E-state index is -4.13. The largest absolute Gasteiger partial charge is 0.493 e. The third kappa shape index (κ3) is 5.03. The molecule has 28 heavy (non-hydrogen) atoms. The number of benzene rings is 2. The molecule has 0 amide bonds. The van der Waals surface area contributed by atoms with Crippen LogP contribution in [0.25, 0.3) is 0 Å². The van der Waals surface area contributed by atoms with Crippen molar-refractivity contribution >= 4 is 33.0 Å². The second kappa shape index (κ2) is 9.09. The molecule has 0 aliphatic carbocycles. The molecular formula is C17H19ClN2O7S. The molecule has 0 aromatic heterocycles. The second-order valence-corrected chi connectivity index (χ2v) is 7.71. The Kier molecular flexibility index (Phi) is 7.05. The van der Waals surface area contributed by atoms with Gasteiger partial charge in [0.25, 0.3) is 15.7 Å². The van der Waals surface area contributed by atoms with Gasteiger partial charge in [-0.05, 0) is 25.1 Å². The number of hydrogen-bond donors (Lipinski definition) is 1. The molecule has 0 unspecified atom stereocenters. The maximum absolute atomic E-state index is 12.7. The van der Waals surface area contributed by atoms with E-state index in [2.05, 4.69) is 4.72 Å². The summed E-state index contributed by atoms with van der Waals surface area (Å²) >= 11 is 5.96. The van der Waals surface area contributed by atoms with E-state index < -0.39 is 14.9 Å². The van der Waals surface area contributed by atoms with Crippen molar-refractivity contribution in [3.63, 3.8) is 0 Å². The SMILES string of the molecule is COCCOc1cc(NS(=O)(=O)c2cc(Cl)c(C)c([N+](=O)[O-])c2)ccc1OC. The third-order valence-corrected chi connectivity index (χ3v) is 5.51. The zero-order valence-electron chi connectivity index (χ0n) is 15.4. The fourth-order valence-electron chi connectivity index (χ4n) is 2.29. The average molecular weight is 431 g/mol. The summed E-state index contributed by atoms with van der Waals surface area (Å²) in [5.74, 6) is 0.723. The van der Waals surface area contributed by atoms with Gasteiger partial charge in [-0.3, -0.25) is 14.8 Å². The number of halogens is 1. The summed E-state index contributed by atoms with van der Waals surface area (Å²) in [6.07, 6.45) is 0. The highest BCUT2D eigenvalue weighted by Crippen LogP contribution is 2.33. The van der Waals surface area contributed by atoms with E-state index in [1.165, 1.54) is 39.3 Å². The van der Waals surface area contributed by atoms with Gasteiger partial charge >= 0.3 is 0 Å². The number of nitro benzene ring substituents is 1. The standard InChI is InChI=1S/C17H19ClN2O7S/c1-11-14(18)9-13(10-15(11)20(21)22)28(23,24)19-12-4-5-16(26-3)17(8-12)27-7-6-25-2/h4-5,8-10,19H,6-7H2,1-3H3. The molecule has 2 rings (SSSR count). The molecule has 0 saturated carbocycles. The smallest absolute Gasteiger partial charge is 0.275 e. The minimum Gasteiger partial charge on any atom is -0.493 e. The first kappa shape index (κ1) is 21.7. The maximum Gasteiger partial charge on any atom is 0.275 e. The summed E-state index contributed by atoms with van der Waals surface area (Å²) in [7, 11) is -1.15. The highest BCUT2D eigenvalue weighted by molar-refractivity contribution is 7.92. The maximum atomic E-state index is 12.7. The zero-order valence-corrected chi connectivity index (χ0v) is 17.0. The molecule has 152 valence electrons. The Hall–Kier alpha value is -2.56. The van der Waals surface area contributed by atoms with Gasteiger partial charge in [0.1, 0.15) is 6.61 Å². The number of sulfonamides is 1. The van der Waals surface area contributed by atoms with Crippen LogP contribution in [0.1, 0.15) is 5.56 Å². The average Bonchev–Trinajstić information content (AvgIpc) is 2.63. The Labute approximate surface area is 167 Å². The lowest BCUT2D eigenvalue weighted by atomic mass is 10.2. The number of nitrogens with zero attached hydrogens (tertiary/aromatic N) is 1. The van der Waals surface area contributed by atoms with Gasteiger partial charge in [-0.1, -0.05) is 11.6 Å². The molecule has 1 N–H and O–H groups in total. The fraction of sp³-hybridized carbons (Fsp3) is 0.294. The number of ether oxygens (including phenoxy) is 3. The van der Waals surface area contributed by atoms with Crippen LogP contribution in [0.15, 0.2) is 35.2 Å². The van der Waals surface area contributed by atoms with Crippen LogP contribution >= 0.6 is 11.6 Å². The monoisotopic (exact) mass is 430 g/mol. The van der Waals surface area contributed by atoms with Crippen LogP contribution in [-0.2, 0) is 14.8 Å². The first-order valence-corrected chi connectivity index (χ1v) is 9.83. The topological polar surface area (TPSA) is 117 Å². The summed E-state index contributed by atoms with van der Waals surface area (Å²) in [5, 5.41) is 11.1. The van der Waals surface area contributed by atoms with Gasteiger partial charge in [0.05, 0.1) is 34.2 Å². The lowest BCUT2D eigenvalue weighted by Crippen LogP contribution is -2.14. The van der Waals surface area contributed by atoms with Crippen LogP contribution in [0.2, 0.25) is 5.02 Å². The number of methoxy groups -OCH3 is 2. The molecule has 0 bridgehead atoms. The molecule has 0 heterocycles. The van der Waals surface area contributed by atoms with Crippen molar-refractivity contribution in [1.82, 2.24) is 0 Å². The van der Waals surface area contributed by atoms with Crippen molar-refractivity contribution in [3.05, 3.63) is 51.0 Å². The Morgan fingerprint density at radius 3 is 2.46 bits per heavy atom. The van der Waals surface area contributed by atoms with E-state index in [4.69, 9.17) is 25.8 Å². The first-order chi connectivity index (χ1) is 13.2. The van der Waals surface area contributed by atoms with E-state index in [-0.39, 0.29) is 33.5 Å². The van der Waals surface area contributed by atoms with Crippen LogP contribution in [-0.4, -0.2) is 40.8 Å². The molecule has 0 spiro atoms. The van der Waals surface area contributed by atoms with Gasteiger partial charge in [-0.15, -0.1) is 0 Å². The second-order valence-electron chi connectivity index (χ2n) is 5.62. The van der Waals surface area contributed by atoms with Gasteiger partial charge in [0.15, 0.2) is 11.5 Å². The van der Waals surface area contributed by atoms with Gasteiger partial charge < -0.3 is 14.2 Å². The molecule has 11 heteroatoms. The molecule has 0 aliphatic heterocycles. The van der Waals surface area contributed by atoms with Crippen molar-refractivity contribution in [1.29, 1.82) is 0 Å². The number of anilines is 1. The normalized spacial score (nSPS) is 11.1. The van der Waals surface area contributed by atoms with E-state index in [0.717, 1.165) is 12.1 Å². The lowest BCUT2D eigenvalue weighted by Gasteiger charge is -2.14. The quantitative estimate of drug-likeness (QED) is 0.368. The molecular weight excluding hydrogens is 412 g/mol. The van der Waals surface area contributed by atoms with Crippen molar-refractivity contribution in [2.24, 2.45) is 0 Å². The fourth-order valence-corrected chi connectivity index (χ4v) is 3.66. The van der Waals surface area contributed by atoms with Gasteiger partial charge in [0, 0.05) is 24.8 Å². The zero-order chi connectivity index (χ0) is 20.9. The minimum absolute atomic E-state index is 0.0205. The van der Waals surface area contributed by atoms with Crippen molar-refractivity contribution in [3.8, 4) is 11.5 Å². The number of nitro groups is 1. The van der Waals surface area contributed by atoms with Crippen molar-refractivity contribution in [2.75, 3.05) is 32.2 Å². The van der Waals surface area contributed by atoms with Crippen molar-refractivity contribution in [2.45, 2.75) is 11.8 Å². The molecule has 2 aromatic carbocycles. The van der Waals surface area contributed by atoms with Crippen LogP contribution in [0.5, 0.6) is 11.5 Å². The van der Waals surface area contributed by atoms with Gasteiger partial charge in [-0.25, -0.2) is 8.42 Å². The molecule has 0 atom stereocenters. The van der Waals surface area contributed by atoms with Crippen LogP contribution < -0.4 is 14.2 Å². The Morgan fingerprint density at radius 2 is 1.86 bits per heavy atom. The summed E-state index contributed by atoms with van der Waals surface area (Å²) in [4.78, 5) is 10.1. The molecule has 0 fully saturated rings. The summed E-state index contributed by atoms with van der Waals surface area (Å²) in [5.41, 5.74) is -0.0114. The van der Waals surface area contributed by atoms with E-state index >= 15 is 0 Å². The number of hydrogen-bond acceptors (Lipinski definition) is 7. The molecule has 9 nitrogen and oxygen atoms in total. The van der Waals surface area contributed by atoms with Crippen LogP contribution in [0, 0.1) is 17.0 Å². The lowest BCUT2D eigenvalue weighted by molar-refractivity contribution is -0.385. The Balaban J connectivity index is 2.36. The molecule has 0 radical (unpaired) electrons. The van der Waals surface area contributed by atoms with Crippen LogP contribution in [0.4, 0.5) is 11.4 Å². The van der Waals surface area contributed by atoms with Gasteiger partial charge in [0.2, 0.25) is 0 Å². The summed E-state index contributed by atoms with van der Waals surface area (Å²) in [6, 6.07) is 6.57. The van der Waals surface area contributed by atoms with Crippen LogP contribution in [0.3, 0.4) is 0 Å². The van der Waals surface area contributed by atoms with E-state index in [9.17, 15) is 18.5 Å². The predicted octanol–water partition coefficient (Wildman–Crippen LogP) is 3.39. The third-order valence-electron chi connectivity index (χ3n) is 3.76. The Morgan fingerprint density at radius 1 is 1.14 bits per heavy atom. The summed E-state index contributed by atoms with van der Waals surface area (Å²) in [6.45, 7) is 2.02. The highest BCUT2D eigenvalue weighted by atomic mass is 35.5. The van der Waals surface area contributed by atoms with E-state index in [0.29, 0.717) is 18.1 Å². The van der Waals surface area contributed by atoms with Crippen molar-refractivity contribution < 1.29 is 27.6 Å².